The van der Waals surface area contributed by atoms with Gasteiger partial charge in [-0.25, -0.2) is 4.79 Å². The molecule has 4 aromatic rings. The molecule has 0 aliphatic heterocycles. The zero-order valence-electron chi connectivity index (χ0n) is 16.9. The van der Waals surface area contributed by atoms with Crippen LogP contribution < -0.4 is 0 Å². The van der Waals surface area contributed by atoms with E-state index in [1.807, 2.05) is 97.1 Å². The molecule has 0 spiro atoms. The van der Waals surface area contributed by atoms with Gasteiger partial charge in [-0.2, -0.15) is 0 Å². The van der Waals surface area contributed by atoms with E-state index in [-0.39, 0.29) is 6.61 Å². The van der Waals surface area contributed by atoms with Crippen LogP contribution in [-0.4, -0.2) is 12.6 Å². The highest BCUT2D eigenvalue weighted by atomic mass is 35.5. The minimum Gasteiger partial charge on any atom is -0.458 e. The second-order valence-corrected chi connectivity index (χ2v) is 7.40. The lowest BCUT2D eigenvalue weighted by Gasteiger charge is -2.20. The van der Waals surface area contributed by atoms with E-state index in [9.17, 15) is 4.79 Å². The number of carbonyl (C=O) groups excluding carboxylic acids is 1. The minimum atomic E-state index is -0.412. The van der Waals surface area contributed by atoms with Gasteiger partial charge in [0.05, 0.1) is 10.6 Å². The molecule has 0 atom stereocenters. The Kier molecular flexibility index (Phi) is 6.30. The molecule has 0 saturated heterocycles. The molecule has 0 aromatic heterocycles. The van der Waals surface area contributed by atoms with Crippen molar-refractivity contribution < 1.29 is 9.53 Å². The molecule has 0 unspecified atom stereocenters. The van der Waals surface area contributed by atoms with Crippen molar-refractivity contribution in [2.45, 2.75) is 0 Å². The third-order valence-electron chi connectivity index (χ3n) is 5.03. The Balaban J connectivity index is 2.09. The highest BCUT2D eigenvalue weighted by molar-refractivity contribution is 6.37. The van der Waals surface area contributed by atoms with Crippen molar-refractivity contribution >= 4 is 17.6 Å². The van der Waals surface area contributed by atoms with Crippen molar-refractivity contribution in [2.75, 3.05) is 6.61 Å². The second kappa shape index (κ2) is 9.46. The number of ether oxygens (including phenoxy) is 1. The van der Waals surface area contributed by atoms with Crippen LogP contribution >= 0.6 is 11.6 Å². The molecule has 0 N–H and O–H groups in total. The molecular formula is C28H21ClO2. The Bertz CT molecular complexity index is 1200. The molecule has 0 heterocycles. The molecule has 3 heteroatoms. The zero-order valence-corrected chi connectivity index (χ0v) is 17.7. The third kappa shape index (κ3) is 4.30. The summed E-state index contributed by atoms with van der Waals surface area (Å²) in [4.78, 5) is 13.2. The van der Waals surface area contributed by atoms with Crippen LogP contribution in [0.2, 0.25) is 5.02 Å². The van der Waals surface area contributed by atoms with Crippen molar-refractivity contribution in [1.29, 1.82) is 0 Å². The number of hydrogen-bond donors (Lipinski definition) is 0. The van der Waals surface area contributed by atoms with E-state index >= 15 is 0 Å². The second-order valence-electron chi connectivity index (χ2n) is 7.02. The molecule has 4 rings (SSSR count). The fourth-order valence-electron chi connectivity index (χ4n) is 3.64. The van der Waals surface area contributed by atoms with Crippen LogP contribution in [0.5, 0.6) is 0 Å². The monoisotopic (exact) mass is 424 g/mol. The molecule has 0 amide bonds. The standard InChI is InChI=1S/C28H21ClO2/c1-2-18-31-28(30)24-19-23(20-12-6-3-7-13-20)27(29)26(22-16-10-5-11-17-22)25(24)21-14-8-4-9-15-21/h2-17,19H,1,18H2. The maximum atomic E-state index is 13.2. The van der Waals surface area contributed by atoms with E-state index in [0.29, 0.717) is 10.6 Å². The molecule has 0 fully saturated rings. The number of halogens is 1. The van der Waals surface area contributed by atoms with E-state index in [1.54, 1.807) is 6.08 Å². The quantitative estimate of drug-likeness (QED) is 0.234. The average Bonchev–Trinajstić information content (AvgIpc) is 2.83. The third-order valence-corrected chi connectivity index (χ3v) is 5.42. The van der Waals surface area contributed by atoms with Crippen LogP contribution in [0, 0.1) is 0 Å². The van der Waals surface area contributed by atoms with Crippen molar-refractivity contribution in [3.8, 4) is 33.4 Å². The molecule has 4 aromatic carbocycles. The van der Waals surface area contributed by atoms with E-state index in [1.165, 1.54) is 0 Å². The van der Waals surface area contributed by atoms with Crippen molar-refractivity contribution in [3.05, 3.63) is 120 Å². The molecule has 0 aliphatic rings. The Morgan fingerprint density at radius 1 is 0.774 bits per heavy atom. The topological polar surface area (TPSA) is 26.3 Å². The summed E-state index contributed by atoms with van der Waals surface area (Å²) in [6.07, 6.45) is 1.56. The maximum Gasteiger partial charge on any atom is 0.339 e. The normalized spacial score (nSPS) is 10.5. The average molecular weight is 425 g/mol. The number of benzene rings is 4. The zero-order chi connectivity index (χ0) is 21.6. The summed E-state index contributed by atoms with van der Waals surface area (Å²) in [6, 6.07) is 31.3. The van der Waals surface area contributed by atoms with Gasteiger partial charge in [0.25, 0.3) is 0 Å². The van der Waals surface area contributed by atoms with Crippen molar-refractivity contribution in [2.24, 2.45) is 0 Å². The molecule has 31 heavy (non-hydrogen) atoms. The lowest BCUT2D eigenvalue weighted by molar-refractivity contribution is 0.0550. The first kappa shape index (κ1) is 20.6. The van der Waals surface area contributed by atoms with Gasteiger partial charge in [0.2, 0.25) is 0 Å². The van der Waals surface area contributed by atoms with Crippen LogP contribution in [0.4, 0.5) is 0 Å². The van der Waals surface area contributed by atoms with Crippen LogP contribution in [-0.2, 0) is 4.74 Å². The summed E-state index contributed by atoms with van der Waals surface area (Å²) in [7, 11) is 0. The van der Waals surface area contributed by atoms with Crippen molar-refractivity contribution in [3.63, 3.8) is 0 Å². The fourth-order valence-corrected chi connectivity index (χ4v) is 4.01. The SMILES string of the molecule is C=CCOC(=O)c1cc(-c2ccccc2)c(Cl)c(-c2ccccc2)c1-c1ccccc1. The van der Waals surface area contributed by atoms with Crippen LogP contribution in [0.25, 0.3) is 33.4 Å². The number of hydrogen-bond acceptors (Lipinski definition) is 2. The molecule has 2 nitrogen and oxygen atoms in total. The van der Waals surface area contributed by atoms with Gasteiger partial charge in [0, 0.05) is 16.7 Å². The summed E-state index contributed by atoms with van der Waals surface area (Å²) in [5, 5.41) is 0.594. The van der Waals surface area contributed by atoms with Gasteiger partial charge in [-0.3, -0.25) is 0 Å². The summed E-state index contributed by atoms with van der Waals surface area (Å²) in [5.41, 5.74) is 5.57. The van der Waals surface area contributed by atoms with Crippen LogP contribution in [0.15, 0.2) is 110 Å². The molecule has 0 saturated carbocycles. The Morgan fingerprint density at radius 2 is 1.26 bits per heavy atom. The van der Waals surface area contributed by atoms with Crippen LogP contribution in [0.3, 0.4) is 0 Å². The maximum absolute atomic E-state index is 13.2. The Hall–Kier alpha value is -3.62. The number of carbonyl (C=O) groups is 1. The first-order valence-corrected chi connectivity index (χ1v) is 10.4. The largest absolute Gasteiger partial charge is 0.458 e. The van der Waals surface area contributed by atoms with Gasteiger partial charge in [0.15, 0.2) is 0 Å². The summed E-state index contributed by atoms with van der Waals surface area (Å²) < 4.78 is 5.46. The molecule has 152 valence electrons. The molecule has 0 aliphatic carbocycles. The smallest absolute Gasteiger partial charge is 0.339 e. The van der Waals surface area contributed by atoms with Crippen molar-refractivity contribution in [1.82, 2.24) is 0 Å². The number of rotatable bonds is 6. The Morgan fingerprint density at radius 3 is 1.77 bits per heavy atom. The Labute approximate surface area is 187 Å². The summed E-state index contributed by atoms with van der Waals surface area (Å²) in [6.45, 7) is 3.79. The first-order chi connectivity index (χ1) is 15.2. The van der Waals surface area contributed by atoms with E-state index in [2.05, 4.69) is 6.58 Å². The highest BCUT2D eigenvalue weighted by Gasteiger charge is 2.24. The van der Waals surface area contributed by atoms with E-state index < -0.39 is 5.97 Å². The summed E-state index contributed by atoms with van der Waals surface area (Å²) in [5.74, 6) is -0.412. The predicted molar refractivity (Wildman–Crippen MR) is 128 cm³/mol. The number of esters is 1. The lowest BCUT2D eigenvalue weighted by Crippen LogP contribution is -2.09. The predicted octanol–water partition coefficient (Wildman–Crippen LogP) is 7.68. The van der Waals surface area contributed by atoms with Gasteiger partial charge in [-0.05, 0) is 22.8 Å². The van der Waals surface area contributed by atoms with E-state index in [4.69, 9.17) is 16.3 Å². The minimum absolute atomic E-state index is 0.136. The van der Waals surface area contributed by atoms with Gasteiger partial charge >= 0.3 is 5.97 Å². The lowest BCUT2D eigenvalue weighted by atomic mass is 9.87. The highest BCUT2D eigenvalue weighted by Crippen LogP contribution is 2.45. The molecule has 0 radical (unpaired) electrons. The van der Waals surface area contributed by atoms with E-state index in [0.717, 1.165) is 33.4 Å². The van der Waals surface area contributed by atoms with Gasteiger partial charge in [-0.15, -0.1) is 0 Å². The first-order valence-electron chi connectivity index (χ1n) is 10.0. The van der Waals surface area contributed by atoms with Gasteiger partial charge in [-0.1, -0.05) is 115 Å². The molecule has 0 bridgehead atoms. The summed E-state index contributed by atoms with van der Waals surface area (Å²) >= 11 is 7.05. The fraction of sp³-hybridized carbons (Fsp3) is 0.0357. The van der Waals surface area contributed by atoms with Crippen LogP contribution in [0.1, 0.15) is 10.4 Å². The van der Waals surface area contributed by atoms with Gasteiger partial charge in [0.1, 0.15) is 6.61 Å². The van der Waals surface area contributed by atoms with Gasteiger partial charge < -0.3 is 4.74 Å². The molecular weight excluding hydrogens is 404 g/mol.